The van der Waals surface area contributed by atoms with Crippen molar-refractivity contribution < 1.29 is 14.7 Å². The smallest absolute Gasteiger partial charge is 0.319 e. The highest BCUT2D eigenvalue weighted by molar-refractivity contribution is 6.03. The number of anilines is 1. The lowest BCUT2D eigenvalue weighted by molar-refractivity contribution is 0.0928. The monoisotopic (exact) mass is 356 g/mol. The maximum absolute atomic E-state index is 12.3. The Hall–Kier alpha value is -1.83. The van der Waals surface area contributed by atoms with Crippen molar-refractivity contribution in [1.29, 1.82) is 0 Å². The van der Waals surface area contributed by atoms with Crippen LogP contribution >= 0.6 is 12.4 Å². The molecule has 1 aromatic rings. The molecule has 0 saturated carbocycles. The van der Waals surface area contributed by atoms with Crippen molar-refractivity contribution in [3.05, 3.63) is 29.8 Å². The van der Waals surface area contributed by atoms with Crippen LogP contribution in [0.5, 0.6) is 0 Å². The maximum atomic E-state index is 12.3. The van der Waals surface area contributed by atoms with E-state index in [-0.39, 0.29) is 36.3 Å². The number of rotatable bonds is 5. The van der Waals surface area contributed by atoms with Gasteiger partial charge in [-0.25, -0.2) is 4.79 Å². The summed E-state index contributed by atoms with van der Waals surface area (Å²) in [5, 5.41) is 21.0. The fourth-order valence-corrected chi connectivity index (χ4v) is 2.46. The summed E-state index contributed by atoms with van der Waals surface area (Å²) in [5.41, 5.74) is 0.847. The average molecular weight is 357 g/mol. The molecule has 0 radical (unpaired) electrons. The van der Waals surface area contributed by atoms with E-state index >= 15 is 0 Å². The second-order valence-corrected chi connectivity index (χ2v) is 5.99. The number of carbonyl (C=O) groups is 2. The lowest BCUT2D eigenvalue weighted by Gasteiger charge is -2.16. The van der Waals surface area contributed by atoms with Crippen LogP contribution in [-0.2, 0) is 0 Å². The van der Waals surface area contributed by atoms with E-state index in [1.807, 2.05) is 13.8 Å². The summed E-state index contributed by atoms with van der Waals surface area (Å²) in [7, 11) is 0. The summed E-state index contributed by atoms with van der Waals surface area (Å²) >= 11 is 0. The van der Waals surface area contributed by atoms with Crippen LogP contribution in [0.15, 0.2) is 24.3 Å². The number of amides is 3. The van der Waals surface area contributed by atoms with Gasteiger partial charge >= 0.3 is 6.03 Å². The fourth-order valence-electron chi connectivity index (χ4n) is 2.46. The van der Waals surface area contributed by atoms with Gasteiger partial charge in [-0.1, -0.05) is 12.1 Å². The van der Waals surface area contributed by atoms with Crippen molar-refractivity contribution in [2.24, 2.45) is 5.92 Å². The highest BCUT2D eigenvalue weighted by Gasteiger charge is 2.25. The predicted octanol–water partition coefficient (Wildman–Crippen LogP) is 0.948. The van der Waals surface area contributed by atoms with Crippen molar-refractivity contribution >= 4 is 30.0 Å². The van der Waals surface area contributed by atoms with Gasteiger partial charge in [-0.15, -0.1) is 12.4 Å². The lowest BCUT2D eigenvalue weighted by atomic mass is 10.1. The third kappa shape index (κ3) is 5.67. The fraction of sp³-hybridized carbons (Fsp3) is 0.500. The number of hydrogen-bond acceptors (Lipinski definition) is 4. The average Bonchev–Trinajstić information content (AvgIpc) is 2.89. The van der Waals surface area contributed by atoms with E-state index < -0.39 is 6.10 Å². The second kappa shape index (κ2) is 9.46. The van der Waals surface area contributed by atoms with Crippen LogP contribution in [0.1, 0.15) is 24.2 Å². The number of benzene rings is 1. The van der Waals surface area contributed by atoms with Crippen LogP contribution in [0, 0.1) is 5.92 Å². The van der Waals surface area contributed by atoms with Crippen LogP contribution in [0.25, 0.3) is 0 Å². The molecule has 1 heterocycles. The molecule has 0 aromatic heterocycles. The molecule has 2 unspecified atom stereocenters. The van der Waals surface area contributed by atoms with Crippen LogP contribution < -0.4 is 21.3 Å². The van der Waals surface area contributed by atoms with Crippen molar-refractivity contribution in [3.8, 4) is 0 Å². The highest BCUT2D eigenvalue weighted by atomic mass is 35.5. The van der Waals surface area contributed by atoms with Gasteiger partial charge in [-0.2, -0.15) is 0 Å². The Bertz CT molecular complexity index is 568. The molecule has 3 amide bonds. The number of carbonyl (C=O) groups excluding carboxylic acids is 2. The summed E-state index contributed by atoms with van der Waals surface area (Å²) in [6.07, 6.45) is -0.444. The van der Waals surface area contributed by atoms with E-state index in [9.17, 15) is 14.7 Å². The number of aliphatic hydroxyl groups excluding tert-OH is 1. The van der Waals surface area contributed by atoms with Crippen LogP contribution in [0.3, 0.4) is 0 Å². The molecule has 7 nitrogen and oxygen atoms in total. The van der Waals surface area contributed by atoms with E-state index in [2.05, 4.69) is 21.3 Å². The lowest BCUT2D eigenvalue weighted by Crippen LogP contribution is -2.36. The Morgan fingerprint density at radius 2 is 2.00 bits per heavy atom. The van der Waals surface area contributed by atoms with Crippen LogP contribution in [-0.4, -0.2) is 48.8 Å². The Labute approximate surface area is 148 Å². The minimum absolute atomic E-state index is 0. The maximum Gasteiger partial charge on any atom is 0.319 e. The van der Waals surface area contributed by atoms with Gasteiger partial charge in [0.1, 0.15) is 0 Å². The molecular weight excluding hydrogens is 332 g/mol. The van der Waals surface area contributed by atoms with Gasteiger partial charge in [0.05, 0.1) is 17.4 Å². The van der Waals surface area contributed by atoms with Crippen LogP contribution in [0.2, 0.25) is 0 Å². The molecule has 1 aliphatic rings. The number of para-hydroxylation sites is 1. The van der Waals surface area contributed by atoms with Gasteiger partial charge in [-0.05, 0) is 26.0 Å². The van der Waals surface area contributed by atoms with Gasteiger partial charge in [0.2, 0.25) is 0 Å². The zero-order valence-corrected chi connectivity index (χ0v) is 14.7. The molecule has 1 aliphatic heterocycles. The molecule has 24 heavy (non-hydrogen) atoms. The van der Waals surface area contributed by atoms with E-state index in [4.69, 9.17) is 0 Å². The number of halogens is 1. The number of aliphatic hydroxyl groups is 1. The molecule has 5 N–H and O–H groups in total. The summed E-state index contributed by atoms with van der Waals surface area (Å²) in [6.45, 7) is 5.34. The van der Waals surface area contributed by atoms with Crippen molar-refractivity contribution in [3.63, 3.8) is 0 Å². The Balaban J connectivity index is 0.00000288. The second-order valence-electron chi connectivity index (χ2n) is 5.99. The van der Waals surface area contributed by atoms with E-state index in [0.717, 1.165) is 0 Å². The standard InChI is InChI=1S/C16H24N4O3.ClH/c1-10(2)19-16(23)20-13-6-4-3-5-12(13)15(22)18-8-11-7-17-9-14(11)21;/h3-6,10-11,14,17,21H,7-9H2,1-2H3,(H,18,22)(H2,19,20,23);1H. The quantitative estimate of drug-likeness (QED) is 0.542. The van der Waals surface area contributed by atoms with Gasteiger partial charge in [0.25, 0.3) is 5.91 Å². The molecule has 0 aliphatic carbocycles. The molecule has 2 rings (SSSR count). The summed E-state index contributed by atoms with van der Waals surface area (Å²) in [6, 6.07) is 6.49. The number of β-amino-alcohol motifs (C(OH)–C–C–N with tert-alkyl or cyclic N) is 1. The Morgan fingerprint density at radius 1 is 1.29 bits per heavy atom. The van der Waals surface area contributed by atoms with E-state index in [0.29, 0.717) is 30.9 Å². The number of nitrogens with one attached hydrogen (secondary N) is 4. The van der Waals surface area contributed by atoms with Crippen molar-refractivity contribution in [2.45, 2.75) is 26.0 Å². The summed E-state index contributed by atoms with van der Waals surface area (Å²) < 4.78 is 0. The minimum Gasteiger partial charge on any atom is -0.391 e. The largest absolute Gasteiger partial charge is 0.391 e. The summed E-state index contributed by atoms with van der Waals surface area (Å²) in [4.78, 5) is 24.2. The normalized spacial score (nSPS) is 19.5. The molecule has 1 fully saturated rings. The number of urea groups is 1. The zero-order valence-electron chi connectivity index (χ0n) is 13.8. The topological polar surface area (TPSA) is 102 Å². The predicted molar refractivity (Wildman–Crippen MR) is 95.7 cm³/mol. The van der Waals surface area contributed by atoms with Gasteiger partial charge in [-0.3, -0.25) is 4.79 Å². The molecule has 8 heteroatoms. The van der Waals surface area contributed by atoms with E-state index in [1.54, 1.807) is 24.3 Å². The highest BCUT2D eigenvalue weighted by Crippen LogP contribution is 2.15. The SMILES string of the molecule is CC(C)NC(=O)Nc1ccccc1C(=O)NCC1CNCC1O.Cl. The number of hydrogen-bond donors (Lipinski definition) is 5. The molecular formula is C16H25ClN4O3. The molecule has 0 bridgehead atoms. The van der Waals surface area contributed by atoms with Crippen LogP contribution in [0.4, 0.5) is 10.5 Å². The molecule has 134 valence electrons. The van der Waals surface area contributed by atoms with Crippen molar-refractivity contribution in [2.75, 3.05) is 25.0 Å². The van der Waals surface area contributed by atoms with Crippen molar-refractivity contribution in [1.82, 2.24) is 16.0 Å². The third-order valence-corrected chi connectivity index (χ3v) is 3.67. The van der Waals surface area contributed by atoms with E-state index in [1.165, 1.54) is 0 Å². The van der Waals surface area contributed by atoms with Gasteiger partial charge < -0.3 is 26.4 Å². The molecule has 1 saturated heterocycles. The first-order valence-electron chi connectivity index (χ1n) is 7.81. The first-order valence-corrected chi connectivity index (χ1v) is 7.81. The molecule has 0 spiro atoms. The first kappa shape index (κ1) is 20.2. The third-order valence-electron chi connectivity index (χ3n) is 3.67. The Morgan fingerprint density at radius 3 is 2.62 bits per heavy atom. The van der Waals surface area contributed by atoms with Gasteiger partial charge in [0.15, 0.2) is 0 Å². The first-order chi connectivity index (χ1) is 11.0. The molecule has 1 aromatic carbocycles. The van der Waals surface area contributed by atoms with Gasteiger partial charge in [0, 0.05) is 31.6 Å². The zero-order chi connectivity index (χ0) is 16.8. The molecule has 2 atom stereocenters. The minimum atomic E-state index is -0.444. The Kier molecular flexibility index (Phi) is 7.97. The summed E-state index contributed by atoms with van der Waals surface area (Å²) in [5.74, 6) is -0.271.